The Balaban J connectivity index is 2.09. The molecule has 0 radical (unpaired) electrons. The van der Waals surface area contributed by atoms with E-state index >= 15 is 0 Å². The van der Waals surface area contributed by atoms with Gasteiger partial charge in [-0.15, -0.1) is 0 Å². The highest BCUT2D eigenvalue weighted by Crippen LogP contribution is 2.25. The minimum atomic E-state index is 0.217. The van der Waals surface area contributed by atoms with Crippen molar-refractivity contribution in [2.75, 3.05) is 18.9 Å². The highest BCUT2D eigenvalue weighted by atomic mass is 16.2. The molecule has 1 N–H and O–H groups in total. The van der Waals surface area contributed by atoms with Crippen molar-refractivity contribution in [1.82, 2.24) is 14.9 Å². The number of carbonyl (C=O) groups excluding carboxylic acids is 1. The van der Waals surface area contributed by atoms with Crippen molar-refractivity contribution in [3.63, 3.8) is 0 Å². The van der Waals surface area contributed by atoms with Crippen LogP contribution in [0.2, 0.25) is 0 Å². The van der Waals surface area contributed by atoms with E-state index in [0.717, 1.165) is 18.1 Å². The Morgan fingerprint density at radius 1 is 1.47 bits per heavy atom. The van der Waals surface area contributed by atoms with E-state index in [1.54, 1.807) is 0 Å². The SMILES string of the molecule is CNc1cc(C)nc(CN2CC(C(C)C)CC2=O)n1. The van der Waals surface area contributed by atoms with Crippen LogP contribution in [0.3, 0.4) is 0 Å². The van der Waals surface area contributed by atoms with Crippen LogP contribution in [0.5, 0.6) is 0 Å². The van der Waals surface area contributed by atoms with E-state index in [-0.39, 0.29) is 5.91 Å². The van der Waals surface area contributed by atoms with E-state index in [4.69, 9.17) is 0 Å². The van der Waals surface area contributed by atoms with Crippen LogP contribution in [0.1, 0.15) is 31.8 Å². The number of amides is 1. The standard InChI is InChI=1S/C14H22N4O/c1-9(2)11-6-14(19)18(7-11)8-13-16-10(3)5-12(15-4)17-13/h5,9,11H,6-8H2,1-4H3,(H,15,16,17). The quantitative estimate of drug-likeness (QED) is 0.899. The number of rotatable bonds is 4. The first-order valence-electron chi connectivity index (χ1n) is 6.79. The number of hydrogen-bond acceptors (Lipinski definition) is 4. The van der Waals surface area contributed by atoms with Gasteiger partial charge in [0.1, 0.15) is 11.6 Å². The predicted molar refractivity (Wildman–Crippen MR) is 74.7 cm³/mol. The third kappa shape index (κ3) is 3.22. The van der Waals surface area contributed by atoms with Crippen LogP contribution in [0, 0.1) is 18.8 Å². The van der Waals surface area contributed by atoms with Gasteiger partial charge in [0.05, 0.1) is 6.54 Å². The fraction of sp³-hybridized carbons (Fsp3) is 0.643. The lowest BCUT2D eigenvalue weighted by atomic mass is 9.95. The minimum Gasteiger partial charge on any atom is -0.373 e. The van der Waals surface area contributed by atoms with E-state index < -0.39 is 0 Å². The van der Waals surface area contributed by atoms with E-state index in [1.165, 1.54) is 0 Å². The molecule has 1 aromatic rings. The lowest BCUT2D eigenvalue weighted by molar-refractivity contribution is -0.128. The van der Waals surface area contributed by atoms with Gasteiger partial charge in [-0.05, 0) is 18.8 Å². The van der Waals surface area contributed by atoms with Crippen LogP contribution < -0.4 is 5.32 Å². The molecule has 1 saturated heterocycles. The van der Waals surface area contributed by atoms with Crippen molar-refractivity contribution in [2.24, 2.45) is 11.8 Å². The average molecular weight is 262 g/mol. The zero-order valence-corrected chi connectivity index (χ0v) is 12.1. The summed E-state index contributed by atoms with van der Waals surface area (Å²) in [5.74, 6) is 2.73. The normalized spacial score (nSPS) is 19.3. The molecule has 1 atom stereocenters. The Bertz CT molecular complexity index is 473. The monoisotopic (exact) mass is 262 g/mol. The van der Waals surface area contributed by atoms with Gasteiger partial charge in [0, 0.05) is 31.8 Å². The van der Waals surface area contributed by atoms with E-state index in [2.05, 4.69) is 29.1 Å². The van der Waals surface area contributed by atoms with Crippen LogP contribution in [-0.2, 0) is 11.3 Å². The van der Waals surface area contributed by atoms with Gasteiger partial charge in [-0.2, -0.15) is 0 Å². The van der Waals surface area contributed by atoms with Crippen molar-refractivity contribution in [3.8, 4) is 0 Å². The van der Waals surface area contributed by atoms with Gasteiger partial charge < -0.3 is 10.2 Å². The molecule has 0 spiro atoms. The van der Waals surface area contributed by atoms with E-state index in [9.17, 15) is 4.79 Å². The number of likely N-dealkylation sites (tertiary alicyclic amines) is 1. The molecule has 1 aromatic heterocycles. The molecule has 1 amide bonds. The molecule has 1 unspecified atom stereocenters. The smallest absolute Gasteiger partial charge is 0.223 e. The maximum Gasteiger partial charge on any atom is 0.223 e. The Labute approximate surface area is 114 Å². The molecule has 2 heterocycles. The van der Waals surface area contributed by atoms with E-state index in [0.29, 0.717) is 30.6 Å². The fourth-order valence-electron chi connectivity index (χ4n) is 2.40. The maximum atomic E-state index is 12.0. The molecule has 1 aliphatic rings. The summed E-state index contributed by atoms with van der Waals surface area (Å²) in [5.41, 5.74) is 0.918. The van der Waals surface area contributed by atoms with Gasteiger partial charge in [-0.25, -0.2) is 9.97 Å². The molecule has 19 heavy (non-hydrogen) atoms. The molecule has 1 fully saturated rings. The second-order valence-corrected chi connectivity index (χ2v) is 5.54. The van der Waals surface area contributed by atoms with Crippen molar-refractivity contribution in [3.05, 3.63) is 17.6 Å². The van der Waals surface area contributed by atoms with Crippen LogP contribution in [0.15, 0.2) is 6.07 Å². The molecule has 0 aliphatic carbocycles. The van der Waals surface area contributed by atoms with Crippen LogP contribution in [0.25, 0.3) is 0 Å². The number of nitrogens with one attached hydrogen (secondary N) is 1. The minimum absolute atomic E-state index is 0.217. The molecule has 1 aliphatic heterocycles. The van der Waals surface area contributed by atoms with Gasteiger partial charge in [-0.3, -0.25) is 4.79 Å². The molecule has 0 saturated carbocycles. The van der Waals surface area contributed by atoms with Crippen LogP contribution in [-0.4, -0.2) is 34.4 Å². The first-order valence-corrected chi connectivity index (χ1v) is 6.79. The fourth-order valence-corrected chi connectivity index (χ4v) is 2.40. The molecule has 5 heteroatoms. The van der Waals surface area contributed by atoms with Gasteiger partial charge in [0.2, 0.25) is 5.91 Å². The number of aryl methyl sites for hydroxylation is 1. The molecule has 5 nitrogen and oxygen atoms in total. The Morgan fingerprint density at radius 3 is 2.79 bits per heavy atom. The van der Waals surface area contributed by atoms with E-state index in [1.807, 2.05) is 24.9 Å². The average Bonchev–Trinajstić information content (AvgIpc) is 2.70. The third-order valence-corrected chi connectivity index (χ3v) is 3.68. The number of carbonyl (C=O) groups is 1. The van der Waals surface area contributed by atoms with Crippen molar-refractivity contribution in [1.29, 1.82) is 0 Å². The van der Waals surface area contributed by atoms with Crippen molar-refractivity contribution < 1.29 is 4.79 Å². The van der Waals surface area contributed by atoms with Crippen molar-refractivity contribution in [2.45, 2.75) is 33.7 Å². The number of aromatic nitrogens is 2. The summed E-state index contributed by atoms with van der Waals surface area (Å²) in [6, 6.07) is 1.90. The summed E-state index contributed by atoms with van der Waals surface area (Å²) in [6.07, 6.45) is 0.655. The van der Waals surface area contributed by atoms with Gasteiger partial charge in [0.15, 0.2) is 0 Å². The first-order chi connectivity index (χ1) is 8.99. The predicted octanol–water partition coefficient (Wildman–Crippen LogP) is 1.83. The molecular formula is C14H22N4O. The second kappa shape index (κ2) is 5.55. The lowest BCUT2D eigenvalue weighted by Gasteiger charge is -2.17. The molecule has 0 bridgehead atoms. The largest absolute Gasteiger partial charge is 0.373 e. The lowest BCUT2D eigenvalue weighted by Crippen LogP contribution is -2.26. The molecule has 0 aromatic carbocycles. The summed E-state index contributed by atoms with van der Waals surface area (Å²) in [6.45, 7) is 7.61. The second-order valence-electron chi connectivity index (χ2n) is 5.54. The number of hydrogen-bond donors (Lipinski definition) is 1. The maximum absolute atomic E-state index is 12.0. The summed E-state index contributed by atoms with van der Waals surface area (Å²) in [4.78, 5) is 22.7. The molecule has 2 rings (SSSR count). The van der Waals surface area contributed by atoms with Crippen LogP contribution >= 0.6 is 0 Å². The summed E-state index contributed by atoms with van der Waals surface area (Å²) >= 11 is 0. The van der Waals surface area contributed by atoms with Gasteiger partial charge in [0.25, 0.3) is 0 Å². The van der Waals surface area contributed by atoms with Crippen LogP contribution in [0.4, 0.5) is 5.82 Å². The molecule has 104 valence electrons. The number of anilines is 1. The zero-order chi connectivity index (χ0) is 14.0. The highest BCUT2D eigenvalue weighted by molar-refractivity contribution is 5.78. The highest BCUT2D eigenvalue weighted by Gasteiger charge is 2.31. The Morgan fingerprint density at radius 2 is 2.21 bits per heavy atom. The Hall–Kier alpha value is -1.65. The van der Waals surface area contributed by atoms with Gasteiger partial charge >= 0.3 is 0 Å². The number of nitrogens with zero attached hydrogens (tertiary/aromatic N) is 3. The summed E-state index contributed by atoms with van der Waals surface area (Å²) in [7, 11) is 1.83. The summed E-state index contributed by atoms with van der Waals surface area (Å²) in [5, 5.41) is 3.02. The van der Waals surface area contributed by atoms with Gasteiger partial charge in [-0.1, -0.05) is 13.8 Å². The molecular weight excluding hydrogens is 240 g/mol. The third-order valence-electron chi connectivity index (χ3n) is 3.68. The zero-order valence-electron chi connectivity index (χ0n) is 12.1. The summed E-state index contributed by atoms with van der Waals surface area (Å²) < 4.78 is 0. The topological polar surface area (TPSA) is 58.1 Å². The first kappa shape index (κ1) is 13.8. The Kier molecular flexibility index (Phi) is 4.02. The van der Waals surface area contributed by atoms with Crippen molar-refractivity contribution >= 4 is 11.7 Å².